The zero-order valence-corrected chi connectivity index (χ0v) is 29.1. The predicted octanol–water partition coefficient (Wildman–Crippen LogP) is 10.0. The van der Waals surface area contributed by atoms with Crippen LogP contribution in [0.4, 0.5) is 0 Å². The summed E-state index contributed by atoms with van der Waals surface area (Å²) in [6.45, 7) is 15.7. The van der Waals surface area contributed by atoms with E-state index in [1.54, 1.807) is 0 Å². The summed E-state index contributed by atoms with van der Waals surface area (Å²) in [5.41, 5.74) is 8.15. The lowest BCUT2D eigenvalue weighted by Gasteiger charge is -2.22. The summed E-state index contributed by atoms with van der Waals surface area (Å²) < 4.78 is 11.2. The molecule has 2 aromatic carbocycles. The molecular formula is C40H52N2O4. The number of carbonyl (C=O) groups excluding carboxylic acids is 2. The highest BCUT2D eigenvalue weighted by molar-refractivity contribution is 6.02. The van der Waals surface area contributed by atoms with Gasteiger partial charge in [0, 0.05) is 48.5 Å². The molecule has 2 aromatic rings. The van der Waals surface area contributed by atoms with Crippen LogP contribution in [0.15, 0.2) is 70.9 Å². The molecule has 0 fully saturated rings. The molecular weight excluding hydrogens is 572 g/mol. The summed E-state index contributed by atoms with van der Waals surface area (Å²) >= 11 is 0. The molecule has 0 aliphatic carbocycles. The molecule has 0 N–H and O–H groups in total. The van der Waals surface area contributed by atoms with Crippen LogP contribution in [0.3, 0.4) is 0 Å². The second-order valence-corrected chi connectivity index (χ2v) is 14.6. The number of esters is 2. The minimum absolute atomic E-state index is 0.102. The molecule has 0 saturated heterocycles. The molecule has 0 aromatic heterocycles. The molecule has 0 spiro atoms. The molecule has 0 amide bonds. The molecule has 2 heterocycles. The third-order valence-electron chi connectivity index (χ3n) is 8.24. The maximum absolute atomic E-state index is 12.5. The van der Waals surface area contributed by atoms with E-state index >= 15 is 0 Å². The van der Waals surface area contributed by atoms with Crippen molar-refractivity contribution in [1.82, 2.24) is 0 Å². The second-order valence-electron chi connectivity index (χ2n) is 14.6. The van der Waals surface area contributed by atoms with Gasteiger partial charge < -0.3 is 9.47 Å². The van der Waals surface area contributed by atoms with Gasteiger partial charge >= 0.3 is 11.9 Å². The Bertz CT molecular complexity index is 1380. The van der Waals surface area contributed by atoms with E-state index in [9.17, 15) is 9.59 Å². The van der Waals surface area contributed by atoms with E-state index in [0.29, 0.717) is 12.8 Å². The first-order valence-electron chi connectivity index (χ1n) is 16.9. The zero-order chi connectivity index (χ0) is 33.5. The summed E-state index contributed by atoms with van der Waals surface area (Å²) in [7, 11) is 0. The lowest BCUT2D eigenvalue weighted by molar-refractivity contribution is -0.156. The van der Waals surface area contributed by atoms with Gasteiger partial charge in [-0.15, -0.1) is 0 Å². The highest BCUT2D eigenvalue weighted by Crippen LogP contribution is 2.33. The lowest BCUT2D eigenvalue weighted by atomic mass is 9.89. The van der Waals surface area contributed by atoms with Gasteiger partial charge in [0.1, 0.15) is 11.2 Å². The third-order valence-corrected chi connectivity index (χ3v) is 8.24. The van der Waals surface area contributed by atoms with E-state index in [0.717, 1.165) is 72.2 Å². The largest absolute Gasteiger partial charge is 0.460 e. The molecule has 2 aliphatic heterocycles. The number of aliphatic imine (C=N–C) groups is 2. The molecule has 46 heavy (non-hydrogen) atoms. The highest BCUT2D eigenvalue weighted by Gasteiger charge is 2.27. The Labute approximate surface area is 276 Å². The van der Waals surface area contributed by atoms with Gasteiger partial charge in [-0.1, -0.05) is 75.2 Å². The second kappa shape index (κ2) is 15.2. The van der Waals surface area contributed by atoms with Gasteiger partial charge in [-0.3, -0.25) is 19.6 Å². The Kier molecular flexibility index (Phi) is 11.6. The Hall–Kier alpha value is -3.80. The number of hydrogen-bond donors (Lipinski definition) is 0. The van der Waals surface area contributed by atoms with Crippen molar-refractivity contribution in [3.8, 4) is 11.1 Å². The molecule has 0 bridgehead atoms. The fourth-order valence-electron chi connectivity index (χ4n) is 6.14. The number of rotatable bonds is 13. The van der Waals surface area contributed by atoms with Crippen molar-refractivity contribution in [3.63, 3.8) is 0 Å². The Morgan fingerprint density at radius 3 is 1.24 bits per heavy atom. The van der Waals surface area contributed by atoms with E-state index in [1.807, 2.05) is 53.9 Å². The topological polar surface area (TPSA) is 77.3 Å². The monoisotopic (exact) mass is 624 g/mol. The van der Waals surface area contributed by atoms with Crippen LogP contribution >= 0.6 is 0 Å². The van der Waals surface area contributed by atoms with Crippen LogP contribution in [-0.4, -0.2) is 34.6 Å². The third kappa shape index (κ3) is 10.1. The van der Waals surface area contributed by atoms with Crippen LogP contribution in [0.1, 0.15) is 118 Å². The summed E-state index contributed by atoms with van der Waals surface area (Å²) in [5.74, 6) is -0.113. The van der Waals surface area contributed by atoms with E-state index in [2.05, 4.69) is 62.4 Å². The van der Waals surface area contributed by atoms with Gasteiger partial charge in [-0.2, -0.15) is 0 Å². The lowest BCUT2D eigenvalue weighted by Crippen LogP contribution is -2.27. The zero-order valence-electron chi connectivity index (χ0n) is 29.1. The van der Waals surface area contributed by atoms with Gasteiger partial charge in [0.15, 0.2) is 0 Å². The van der Waals surface area contributed by atoms with Crippen molar-refractivity contribution in [3.05, 3.63) is 72.1 Å². The standard InChI is InChI=1S/C40H52N2O4/c1-9-11-31(23-37(43)45-39(3,4)5)35-21-33(25-41-35)29-17-13-27(14-18-29)28-15-19-30(20-16-28)34-22-36(42-26-34)32(12-10-2)24-38(44)46-40(6,7)8/h13-20,25-26,31-32H,9-12,21-24H2,1-8H3/t31-,32-/m1/s1. The first-order chi connectivity index (χ1) is 21.7. The molecule has 0 unspecified atom stereocenters. The molecule has 0 saturated carbocycles. The van der Waals surface area contributed by atoms with E-state index in [4.69, 9.17) is 19.5 Å². The van der Waals surface area contributed by atoms with Crippen molar-refractivity contribution in [2.45, 2.75) is 118 Å². The Morgan fingerprint density at radius 1 is 0.609 bits per heavy atom. The van der Waals surface area contributed by atoms with Crippen molar-refractivity contribution in [2.24, 2.45) is 21.8 Å². The first kappa shape index (κ1) is 35.1. The quantitative estimate of drug-likeness (QED) is 0.208. The van der Waals surface area contributed by atoms with E-state index < -0.39 is 11.2 Å². The normalized spacial score (nSPS) is 16.3. The fraction of sp³-hybridized carbons (Fsp3) is 0.500. The number of nitrogens with zero attached hydrogens (tertiary/aromatic N) is 2. The Balaban J connectivity index is 1.34. The molecule has 0 radical (unpaired) electrons. The van der Waals surface area contributed by atoms with E-state index in [1.165, 1.54) is 11.1 Å². The van der Waals surface area contributed by atoms with Gasteiger partial charge in [-0.25, -0.2) is 0 Å². The van der Waals surface area contributed by atoms with Crippen molar-refractivity contribution in [1.29, 1.82) is 0 Å². The van der Waals surface area contributed by atoms with Crippen LogP contribution in [-0.2, 0) is 19.1 Å². The van der Waals surface area contributed by atoms with E-state index in [-0.39, 0.29) is 23.8 Å². The van der Waals surface area contributed by atoms with Crippen LogP contribution in [0.25, 0.3) is 22.3 Å². The molecule has 2 aliphatic rings. The molecule has 6 nitrogen and oxygen atoms in total. The summed E-state index contributed by atoms with van der Waals surface area (Å²) in [4.78, 5) is 34.6. The smallest absolute Gasteiger partial charge is 0.306 e. The van der Waals surface area contributed by atoms with Crippen molar-refractivity contribution < 1.29 is 19.1 Å². The minimum atomic E-state index is -0.481. The summed E-state index contributed by atoms with van der Waals surface area (Å²) in [6.07, 6.45) is 10.0. The SMILES string of the molecule is CCC[C@H](CC(=O)OC(C)(C)C)C1=NC=C(c2ccc(-c3ccc(C4=CN=C([C@H](CCC)CC(=O)OC(C)(C)C)C4)cc3)cc2)C1. The molecule has 2 atom stereocenters. The predicted molar refractivity (Wildman–Crippen MR) is 190 cm³/mol. The van der Waals surface area contributed by atoms with Crippen molar-refractivity contribution in [2.75, 3.05) is 0 Å². The maximum atomic E-state index is 12.5. The van der Waals surface area contributed by atoms with Gasteiger partial charge in [0.25, 0.3) is 0 Å². The first-order valence-corrected chi connectivity index (χ1v) is 16.9. The summed E-state index contributed by atoms with van der Waals surface area (Å²) in [5, 5.41) is 0. The van der Waals surface area contributed by atoms with Crippen LogP contribution in [0.2, 0.25) is 0 Å². The highest BCUT2D eigenvalue weighted by atomic mass is 16.6. The summed E-state index contributed by atoms with van der Waals surface area (Å²) in [6, 6.07) is 17.3. The number of hydrogen-bond acceptors (Lipinski definition) is 6. The van der Waals surface area contributed by atoms with Gasteiger partial charge in [0.2, 0.25) is 0 Å². The number of benzene rings is 2. The number of allylic oxidation sites excluding steroid dienone is 2. The van der Waals surface area contributed by atoms with Gasteiger partial charge in [0.05, 0.1) is 12.8 Å². The number of ether oxygens (including phenoxy) is 2. The average molecular weight is 625 g/mol. The fourth-order valence-corrected chi connectivity index (χ4v) is 6.14. The van der Waals surface area contributed by atoms with Crippen LogP contribution in [0, 0.1) is 11.8 Å². The van der Waals surface area contributed by atoms with Gasteiger partial charge in [-0.05, 0) is 87.8 Å². The van der Waals surface area contributed by atoms with Crippen LogP contribution in [0.5, 0.6) is 0 Å². The Morgan fingerprint density at radius 2 is 0.935 bits per heavy atom. The minimum Gasteiger partial charge on any atom is -0.460 e. The number of carbonyl (C=O) groups is 2. The maximum Gasteiger partial charge on any atom is 0.306 e. The van der Waals surface area contributed by atoms with Crippen LogP contribution < -0.4 is 0 Å². The molecule has 6 heteroatoms. The average Bonchev–Trinajstić information content (AvgIpc) is 3.66. The molecule has 246 valence electrons. The van der Waals surface area contributed by atoms with Crippen molar-refractivity contribution >= 4 is 34.5 Å². The molecule has 4 rings (SSSR count).